The first-order valence-electron chi connectivity index (χ1n) is 7.19. The lowest BCUT2D eigenvalue weighted by atomic mass is 10.1. The lowest BCUT2D eigenvalue weighted by Gasteiger charge is -2.30. The number of nitrogens with zero attached hydrogens (tertiary/aromatic N) is 1. The van der Waals surface area contributed by atoms with Crippen molar-refractivity contribution < 1.29 is 0 Å². The monoisotopic (exact) mass is 336 g/mol. The molecule has 1 aromatic heterocycles. The molecule has 1 aliphatic heterocycles. The van der Waals surface area contributed by atoms with Crippen molar-refractivity contribution >= 4 is 34.9 Å². The van der Waals surface area contributed by atoms with Crippen LogP contribution in [0.3, 0.4) is 0 Å². The molecule has 3 rings (SSSR count). The third kappa shape index (κ3) is 3.47. The summed E-state index contributed by atoms with van der Waals surface area (Å²) in [6.07, 6.45) is 0. The van der Waals surface area contributed by atoms with E-state index in [1.807, 2.05) is 0 Å². The summed E-state index contributed by atoms with van der Waals surface area (Å²) in [7, 11) is 0. The molecule has 112 valence electrons. The Hall–Kier alpha value is -0.490. The fourth-order valence-electron chi connectivity index (χ4n) is 2.34. The molecular formula is C16H20N2S3. The molecule has 21 heavy (non-hydrogen) atoms. The van der Waals surface area contributed by atoms with Crippen LogP contribution in [0.15, 0.2) is 29.6 Å². The zero-order valence-electron chi connectivity index (χ0n) is 12.3. The average Bonchev–Trinajstić information content (AvgIpc) is 3.00. The Bertz CT molecular complexity index is 611. The molecule has 0 spiro atoms. The normalized spacial score (nSPS) is 26.0. The first-order valence-corrected chi connectivity index (χ1v) is 10.1. The topological polar surface area (TPSA) is 38.9 Å². The van der Waals surface area contributed by atoms with Crippen LogP contribution in [0.25, 0.3) is 11.3 Å². The lowest BCUT2D eigenvalue weighted by Crippen LogP contribution is -2.21. The predicted octanol–water partition coefficient (Wildman–Crippen LogP) is 4.57. The summed E-state index contributed by atoms with van der Waals surface area (Å²) < 4.78 is 0. The fourth-order valence-corrected chi connectivity index (χ4v) is 6.38. The number of thiazole rings is 1. The van der Waals surface area contributed by atoms with Crippen molar-refractivity contribution in [2.75, 3.05) is 5.75 Å². The third-order valence-corrected chi connectivity index (χ3v) is 8.31. The van der Waals surface area contributed by atoms with Gasteiger partial charge in [0.1, 0.15) is 5.01 Å². The van der Waals surface area contributed by atoms with Crippen molar-refractivity contribution in [3.63, 3.8) is 0 Å². The van der Waals surface area contributed by atoms with E-state index >= 15 is 0 Å². The number of aromatic nitrogens is 1. The summed E-state index contributed by atoms with van der Waals surface area (Å²) in [4.78, 5) is 4.88. The molecule has 0 saturated carbocycles. The van der Waals surface area contributed by atoms with Gasteiger partial charge < -0.3 is 5.73 Å². The van der Waals surface area contributed by atoms with Crippen molar-refractivity contribution in [1.29, 1.82) is 0 Å². The van der Waals surface area contributed by atoms with E-state index in [9.17, 15) is 0 Å². The van der Waals surface area contributed by atoms with Crippen LogP contribution in [0.2, 0.25) is 0 Å². The van der Waals surface area contributed by atoms with Gasteiger partial charge in [0, 0.05) is 33.7 Å². The highest BCUT2D eigenvalue weighted by Crippen LogP contribution is 2.45. The number of hydrogen-bond acceptors (Lipinski definition) is 5. The number of rotatable bonds is 3. The molecular weight excluding hydrogens is 316 g/mol. The predicted molar refractivity (Wildman–Crippen MR) is 97.2 cm³/mol. The van der Waals surface area contributed by atoms with E-state index in [1.54, 1.807) is 11.3 Å². The highest BCUT2D eigenvalue weighted by molar-refractivity contribution is 8.07. The Morgan fingerprint density at radius 1 is 1.29 bits per heavy atom. The van der Waals surface area contributed by atoms with Crippen LogP contribution in [0.1, 0.15) is 29.7 Å². The summed E-state index contributed by atoms with van der Waals surface area (Å²) in [5, 5.41) is 5.42. The molecule has 0 aliphatic carbocycles. The molecule has 3 unspecified atom stereocenters. The number of thioether (sulfide) groups is 2. The summed E-state index contributed by atoms with van der Waals surface area (Å²) in [5.74, 6) is 1.17. The van der Waals surface area contributed by atoms with E-state index in [2.05, 4.69) is 67.0 Å². The molecule has 1 saturated heterocycles. The van der Waals surface area contributed by atoms with Gasteiger partial charge in [-0.3, -0.25) is 0 Å². The first kappa shape index (κ1) is 15.4. The van der Waals surface area contributed by atoms with Gasteiger partial charge in [0.25, 0.3) is 0 Å². The highest BCUT2D eigenvalue weighted by atomic mass is 32.2. The first-order chi connectivity index (χ1) is 10.2. The van der Waals surface area contributed by atoms with E-state index < -0.39 is 0 Å². The van der Waals surface area contributed by atoms with E-state index in [0.717, 1.165) is 16.5 Å². The second-order valence-corrected chi connectivity index (χ2v) is 9.23. The second kappa shape index (κ2) is 6.73. The van der Waals surface area contributed by atoms with Crippen LogP contribution < -0.4 is 5.73 Å². The Kier molecular flexibility index (Phi) is 4.94. The highest BCUT2D eigenvalue weighted by Gasteiger charge is 2.28. The van der Waals surface area contributed by atoms with Crippen LogP contribution in [0, 0.1) is 0 Å². The maximum atomic E-state index is 5.72. The van der Waals surface area contributed by atoms with Crippen LogP contribution >= 0.6 is 34.9 Å². The van der Waals surface area contributed by atoms with E-state index in [1.165, 1.54) is 16.3 Å². The Labute approximate surface area is 138 Å². The van der Waals surface area contributed by atoms with Gasteiger partial charge in [-0.15, -0.1) is 23.1 Å². The summed E-state index contributed by atoms with van der Waals surface area (Å²) in [5.41, 5.74) is 9.14. The molecule has 2 N–H and O–H groups in total. The SMILES string of the molecule is CC1SCC(c2nc(-c3cccc(CN)c3)cs2)SC1C. The van der Waals surface area contributed by atoms with Gasteiger partial charge in [-0.05, 0) is 11.6 Å². The van der Waals surface area contributed by atoms with Gasteiger partial charge in [-0.1, -0.05) is 32.0 Å². The summed E-state index contributed by atoms with van der Waals surface area (Å²) in [6.45, 7) is 5.23. The standard InChI is InChI=1S/C16H20N2S3/c1-10-11(2)21-15(9-19-10)16-18-14(8-20-16)13-5-3-4-12(6-13)7-17/h3-6,8,10-11,15H,7,9,17H2,1-2H3. The maximum Gasteiger partial charge on any atom is 0.107 e. The van der Waals surface area contributed by atoms with Crippen molar-refractivity contribution in [3.8, 4) is 11.3 Å². The van der Waals surface area contributed by atoms with Crippen molar-refractivity contribution in [2.45, 2.75) is 36.1 Å². The number of hydrogen-bond donors (Lipinski definition) is 1. The van der Waals surface area contributed by atoms with Crippen LogP contribution in [-0.2, 0) is 6.54 Å². The average molecular weight is 337 g/mol. The Balaban J connectivity index is 1.80. The molecule has 2 aromatic rings. The minimum absolute atomic E-state index is 0.539. The third-order valence-electron chi connectivity index (χ3n) is 3.81. The van der Waals surface area contributed by atoms with E-state index in [-0.39, 0.29) is 0 Å². The molecule has 1 aliphatic rings. The van der Waals surface area contributed by atoms with Crippen LogP contribution in [0.4, 0.5) is 0 Å². The Morgan fingerprint density at radius 3 is 2.90 bits per heavy atom. The van der Waals surface area contributed by atoms with Gasteiger partial charge in [0.2, 0.25) is 0 Å². The number of benzene rings is 1. The van der Waals surface area contributed by atoms with Crippen molar-refractivity contribution in [1.82, 2.24) is 4.98 Å². The molecule has 1 fully saturated rings. The van der Waals surface area contributed by atoms with Crippen LogP contribution in [0.5, 0.6) is 0 Å². The molecule has 3 atom stereocenters. The van der Waals surface area contributed by atoms with Gasteiger partial charge in [0.15, 0.2) is 0 Å². The van der Waals surface area contributed by atoms with Crippen LogP contribution in [-0.4, -0.2) is 21.2 Å². The van der Waals surface area contributed by atoms with E-state index in [4.69, 9.17) is 10.7 Å². The van der Waals surface area contributed by atoms with Gasteiger partial charge >= 0.3 is 0 Å². The van der Waals surface area contributed by atoms with Crippen molar-refractivity contribution in [2.24, 2.45) is 5.73 Å². The number of nitrogens with two attached hydrogens (primary N) is 1. The quantitative estimate of drug-likeness (QED) is 0.891. The second-order valence-electron chi connectivity index (χ2n) is 5.34. The zero-order valence-corrected chi connectivity index (χ0v) is 14.7. The lowest BCUT2D eigenvalue weighted by molar-refractivity contribution is 0.891. The van der Waals surface area contributed by atoms with Crippen molar-refractivity contribution in [3.05, 3.63) is 40.2 Å². The summed E-state index contributed by atoms with van der Waals surface area (Å²) >= 11 is 5.93. The molecule has 0 amide bonds. The van der Waals surface area contributed by atoms with Gasteiger partial charge in [-0.2, -0.15) is 11.8 Å². The fraction of sp³-hybridized carbons (Fsp3) is 0.438. The van der Waals surface area contributed by atoms with Gasteiger partial charge in [-0.25, -0.2) is 4.98 Å². The molecule has 1 aromatic carbocycles. The zero-order chi connectivity index (χ0) is 14.8. The largest absolute Gasteiger partial charge is 0.326 e. The minimum Gasteiger partial charge on any atom is -0.326 e. The molecule has 5 heteroatoms. The Morgan fingerprint density at radius 2 is 2.14 bits per heavy atom. The summed E-state index contributed by atoms with van der Waals surface area (Å²) in [6, 6.07) is 8.39. The smallest absolute Gasteiger partial charge is 0.107 e. The minimum atomic E-state index is 0.539. The molecule has 2 nitrogen and oxygen atoms in total. The van der Waals surface area contributed by atoms with Gasteiger partial charge in [0.05, 0.1) is 10.9 Å². The molecule has 0 bridgehead atoms. The van der Waals surface area contributed by atoms with E-state index in [0.29, 0.717) is 17.0 Å². The molecule has 0 radical (unpaired) electrons. The maximum absolute atomic E-state index is 5.72. The molecule has 2 heterocycles.